The van der Waals surface area contributed by atoms with E-state index in [1.54, 1.807) is 6.08 Å². The van der Waals surface area contributed by atoms with Crippen molar-refractivity contribution in [1.82, 2.24) is 19.4 Å². The molecule has 2 saturated heterocycles. The molecule has 0 aromatic heterocycles. The SMILES string of the molecule is O=C1NC2(CCc3ccccc3C2)C(=O)N1CN1CCN(S(=O)(=O)/C=C/c2ccccc2)CC1. The van der Waals surface area contributed by atoms with Gasteiger partial charge in [-0.15, -0.1) is 0 Å². The van der Waals surface area contributed by atoms with Crippen LogP contribution in [0.1, 0.15) is 23.1 Å². The molecule has 1 N–H and O–H groups in total. The van der Waals surface area contributed by atoms with Crippen LogP contribution in [0, 0.1) is 0 Å². The molecule has 2 heterocycles. The quantitative estimate of drug-likeness (QED) is 0.662. The Labute approximate surface area is 199 Å². The summed E-state index contributed by atoms with van der Waals surface area (Å²) in [5.74, 6) is -0.187. The number of amides is 3. The summed E-state index contributed by atoms with van der Waals surface area (Å²) < 4.78 is 26.9. The van der Waals surface area contributed by atoms with E-state index >= 15 is 0 Å². The molecule has 1 spiro atoms. The highest BCUT2D eigenvalue weighted by Gasteiger charge is 2.52. The van der Waals surface area contributed by atoms with Crippen LogP contribution in [0.2, 0.25) is 0 Å². The topological polar surface area (TPSA) is 90.0 Å². The average Bonchev–Trinajstić information content (AvgIpc) is 3.07. The summed E-state index contributed by atoms with van der Waals surface area (Å²) in [6.07, 6.45) is 3.44. The number of hydrogen-bond donors (Lipinski definition) is 1. The molecule has 1 aliphatic carbocycles. The van der Waals surface area contributed by atoms with Gasteiger partial charge in [0.2, 0.25) is 10.0 Å². The Hall–Kier alpha value is -3.01. The van der Waals surface area contributed by atoms with Crippen LogP contribution in [0.15, 0.2) is 60.0 Å². The molecular formula is C25H28N4O4S. The van der Waals surface area contributed by atoms with Gasteiger partial charge in [-0.3, -0.25) is 9.69 Å². The van der Waals surface area contributed by atoms with Crippen molar-refractivity contribution in [3.63, 3.8) is 0 Å². The first kappa shape index (κ1) is 22.8. The van der Waals surface area contributed by atoms with Gasteiger partial charge in [-0.05, 0) is 35.6 Å². The van der Waals surface area contributed by atoms with Crippen LogP contribution in [0.4, 0.5) is 4.79 Å². The zero-order valence-corrected chi connectivity index (χ0v) is 19.7. The molecule has 178 valence electrons. The first-order valence-electron chi connectivity index (χ1n) is 11.5. The normalized spacial score (nSPS) is 24.1. The van der Waals surface area contributed by atoms with Crippen molar-refractivity contribution in [3.05, 3.63) is 76.7 Å². The van der Waals surface area contributed by atoms with E-state index in [9.17, 15) is 18.0 Å². The number of rotatable bonds is 5. The minimum atomic E-state index is -3.54. The minimum absolute atomic E-state index is 0.168. The van der Waals surface area contributed by atoms with E-state index < -0.39 is 15.6 Å². The Balaban J connectivity index is 1.19. The van der Waals surface area contributed by atoms with E-state index in [-0.39, 0.29) is 18.6 Å². The lowest BCUT2D eigenvalue weighted by Gasteiger charge is -2.35. The fraction of sp³-hybridized carbons (Fsp3) is 0.360. The number of urea groups is 1. The van der Waals surface area contributed by atoms with Crippen molar-refractivity contribution in [2.24, 2.45) is 0 Å². The lowest BCUT2D eigenvalue weighted by molar-refractivity contribution is -0.133. The van der Waals surface area contributed by atoms with Crippen molar-refractivity contribution < 1.29 is 18.0 Å². The fourth-order valence-corrected chi connectivity index (χ4v) is 6.14. The van der Waals surface area contributed by atoms with E-state index in [1.165, 1.54) is 20.2 Å². The van der Waals surface area contributed by atoms with Crippen LogP contribution < -0.4 is 5.32 Å². The number of benzene rings is 2. The summed E-state index contributed by atoms with van der Waals surface area (Å²) in [7, 11) is -3.54. The molecule has 1 atom stereocenters. The maximum Gasteiger partial charge on any atom is 0.326 e. The number of nitrogens with zero attached hydrogens (tertiary/aromatic N) is 3. The third kappa shape index (κ3) is 4.38. The Morgan fingerprint density at radius 3 is 2.32 bits per heavy atom. The number of sulfonamides is 1. The number of hydrogen-bond acceptors (Lipinski definition) is 5. The minimum Gasteiger partial charge on any atom is -0.323 e. The van der Waals surface area contributed by atoms with Crippen LogP contribution in [-0.2, 0) is 27.7 Å². The standard InChI is InChI=1S/C25H28N4O4S/c30-23-25(12-10-21-8-4-5-9-22(21)18-25)26-24(31)29(23)19-27-13-15-28(16-14-27)34(32,33)17-11-20-6-2-1-3-7-20/h1-9,11,17H,10,12-16,18-19H2,(H,26,31)/b17-11+. The van der Waals surface area contributed by atoms with Gasteiger partial charge in [0, 0.05) is 38.0 Å². The van der Waals surface area contributed by atoms with Crippen molar-refractivity contribution in [3.8, 4) is 0 Å². The second-order valence-electron chi connectivity index (χ2n) is 9.11. The van der Waals surface area contributed by atoms with Crippen molar-refractivity contribution in [1.29, 1.82) is 0 Å². The predicted octanol–water partition coefficient (Wildman–Crippen LogP) is 2.04. The summed E-state index contributed by atoms with van der Waals surface area (Å²) in [6.45, 7) is 1.69. The molecule has 5 rings (SSSR count). The molecule has 3 amide bonds. The maximum atomic E-state index is 13.3. The van der Waals surface area contributed by atoms with E-state index in [4.69, 9.17) is 0 Å². The number of carbonyl (C=O) groups is 2. The Morgan fingerprint density at radius 1 is 0.912 bits per heavy atom. The number of nitrogens with one attached hydrogen (secondary N) is 1. The molecule has 0 saturated carbocycles. The number of carbonyl (C=O) groups excluding carboxylic acids is 2. The number of imide groups is 1. The van der Waals surface area contributed by atoms with E-state index in [0.29, 0.717) is 39.0 Å². The van der Waals surface area contributed by atoms with Gasteiger partial charge in [0.15, 0.2) is 0 Å². The van der Waals surface area contributed by atoms with Gasteiger partial charge in [-0.2, -0.15) is 4.31 Å². The third-order valence-electron chi connectivity index (χ3n) is 6.94. The van der Waals surface area contributed by atoms with Crippen LogP contribution >= 0.6 is 0 Å². The third-order valence-corrected chi connectivity index (χ3v) is 8.51. The Bertz CT molecular complexity index is 1220. The smallest absolute Gasteiger partial charge is 0.323 e. The van der Waals surface area contributed by atoms with Gasteiger partial charge in [0.25, 0.3) is 5.91 Å². The molecule has 1 unspecified atom stereocenters. The lowest BCUT2D eigenvalue weighted by Crippen LogP contribution is -2.53. The highest BCUT2D eigenvalue weighted by atomic mass is 32.2. The van der Waals surface area contributed by atoms with E-state index in [1.807, 2.05) is 53.4 Å². The van der Waals surface area contributed by atoms with Crippen LogP contribution in [0.3, 0.4) is 0 Å². The molecule has 2 aromatic carbocycles. The average molecular weight is 481 g/mol. The second-order valence-corrected chi connectivity index (χ2v) is 10.9. The maximum absolute atomic E-state index is 13.3. The Morgan fingerprint density at radius 2 is 1.59 bits per heavy atom. The molecule has 2 fully saturated rings. The zero-order chi connectivity index (χ0) is 23.8. The van der Waals surface area contributed by atoms with Crippen molar-refractivity contribution >= 4 is 28.0 Å². The number of piperazine rings is 1. The molecule has 8 nitrogen and oxygen atoms in total. The Kier molecular flexibility index (Phi) is 6.01. The highest BCUT2D eigenvalue weighted by Crippen LogP contribution is 2.33. The summed E-state index contributed by atoms with van der Waals surface area (Å²) in [4.78, 5) is 29.3. The first-order chi connectivity index (χ1) is 16.4. The lowest BCUT2D eigenvalue weighted by atomic mass is 9.78. The molecule has 3 aliphatic rings. The van der Waals surface area contributed by atoms with Gasteiger partial charge in [0.1, 0.15) is 5.54 Å². The van der Waals surface area contributed by atoms with Crippen LogP contribution in [-0.4, -0.2) is 72.8 Å². The zero-order valence-electron chi connectivity index (χ0n) is 18.9. The van der Waals surface area contributed by atoms with E-state index in [0.717, 1.165) is 17.5 Å². The van der Waals surface area contributed by atoms with Gasteiger partial charge in [-0.1, -0.05) is 54.6 Å². The largest absolute Gasteiger partial charge is 0.326 e. The molecule has 0 bridgehead atoms. The summed E-state index contributed by atoms with van der Waals surface area (Å²) in [5.41, 5.74) is 2.28. The molecule has 2 aliphatic heterocycles. The highest BCUT2D eigenvalue weighted by molar-refractivity contribution is 7.92. The molecule has 2 aromatic rings. The number of fused-ring (bicyclic) bond motifs is 1. The van der Waals surface area contributed by atoms with Crippen LogP contribution in [0.5, 0.6) is 0 Å². The van der Waals surface area contributed by atoms with Crippen molar-refractivity contribution in [2.75, 3.05) is 32.8 Å². The molecule has 34 heavy (non-hydrogen) atoms. The molecular weight excluding hydrogens is 452 g/mol. The molecule has 9 heteroatoms. The van der Waals surface area contributed by atoms with Gasteiger partial charge in [-0.25, -0.2) is 18.1 Å². The summed E-state index contributed by atoms with van der Waals surface area (Å²) in [5, 5.41) is 4.20. The summed E-state index contributed by atoms with van der Waals surface area (Å²) >= 11 is 0. The van der Waals surface area contributed by atoms with Gasteiger partial charge < -0.3 is 5.32 Å². The van der Waals surface area contributed by atoms with Gasteiger partial charge >= 0.3 is 6.03 Å². The van der Waals surface area contributed by atoms with Gasteiger partial charge in [0.05, 0.1) is 6.67 Å². The predicted molar refractivity (Wildman–Crippen MR) is 129 cm³/mol. The van der Waals surface area contributed by atoms with Crippen molar-refractivity contribution in [2.45, 2.75) is 24.8 Å². The fourth-order valence-electron chi connectivity index (χ4n) is 4.97. The monoisotopic (exact) mass is 480 g/mol. The first-order valence-corrected chi connectivity index (χ1v) is 13.0. The molecule has 0 radical (unpaired) electrons. The summed E-state index contributed by atoms with van der Waals surface area (Å²) in [6, 6.07) is 17.0. The number of aryl methyl sites for hydroxylation is 1. The van der Waals surface area contributed by atoms with Crippen LogP contribution in [0.25, 0.3) is 6.08 Å². The van der Waals surface area contributed by atoms with E-state index in [2.05, 4.69) is 11.4 Å². The second kappa shape index (κ2) is 8.98.